The van der Waals surface area contributed by atoms with Crippen molar-refractivity contribution in [3.8, 4) is 10.6 Å². The highest BCUT2D eigenvalue weighted by Crippen LogP contribution is 2.27. The Morgan fingerprint density at radius 2 is 2.00 bits per heavy atom. The number of thiazole rings is 1. The fourth-order valence-electron chi connectivity index (χ4n) is 1.98. The molecule has 1 aromatic heterocycles. The Kier molecular flexibility index (Phi) is 4.34. The highest BCUT2D eigenvalue weighted by atomic mass is 35.5. The lowest BCUT2D eigenvalue weighted by Crippen LogP contribution is -2.13. The van der Waals surface area contributed by atoms with Crippen LogP contribution < -0.4 is 4.72 Å². The van der Waals surface area contributed by atoms with Gasteiger partial charge in [0.15, 0.2) is 0 Å². The van der Waals surface area contributed by atoms with Gasteiger partial charge in [-0.1, -0.05) is 23.7 Å². The van der Waals surface area contributed by atoms with Crippen molar-refractivity contribution < 1.29 is 12.8 Å². The molecule has 0 saturated heterocycles. The second kappa shape index (κ2) is 6.27. The molecule has 1 heterocycles. The van der Waals surface area contributed by atoms with E-state index in [1.165, 1.54) is 11.3 Å². The second-order valence-corrected chi connectivity index (χ2v) is 7.55. The quantitative estimate of drug-likeness (QED) is 0.742. The first kappa shape index (κ1) is 15.9. The normalized spacial score (nSPS) is 11.4. The fraction of sp³-hybridized carbons (Fsp3) is 0. The van der Waals surface area contributed by atoms with Crippen molar-refractivity contribution in [2.45, 2.75) is 4.90 Å². The van der Waals surface area contributed by atoms with Crippen LogP contribution in [-0.4, -0.2) is 13.4 Å². The number of sulfonamides is 1. The third-order valence-corrected chi connectivity index (χ3v) is 5.66. The number of nitrogens with zero attached hydrogens (tertiary/aromatic N) is 1. The molecule has 2 aromatic carbocycles. The summed E-state index contributed by atoms with van der Waals surface area (Å²) in [7, 11) is -3.91. The topological polar surface area (TPSA) is 59.1 Å². The van der Waals surface area contributed by atoms with Crippen molar-refractivity contribution in [1.82, 2.24) is 4.98 Å². The van der Waals surface area contributed by atoms with Gasteiger partial charge >= 0.3 is 0 Å². The highest BCUT2D eigenvalue weighted by Gasteiger charge is 2.18. The van der Waals surface area contributed by atoms with Crippen molar-refractivity contribution in [3.05, 3.63) is 64.9 Å². The van der Waals surface area contributed by atoms with Crippen molar-refractivity contribution in [3.63, 3.8) is 0 Å². The van der Waals surface area contributed by atoms with Crippen molar-refractivity contribution in [2.24, 2.45) is 0 Å². The summed E-state index contributed by atoms with van der Waals surface area (Å²) in [6, 6.07) is 9.99. The van der Waals surface area contributed by atoms with Gasteiger partial charge in [0.05, 0.1) is 5.02 Å². The Morgan fingerprint density at radius 1 is 1.17 bits per heavy atom. The first-order valence-corrected chi connectivity index (χ1v) is 9.17. The van der Waals surface area contributed by atoms with E-state index in [2.05, 4.69) is 9.71 Å². The molecule has 0 amide bonds. The molecule has 8 heteroatoms. The van der Waals surface area contributed by atoms with Crippen molar-refractivity contribution >= 4 is 38.6 Å². The minimum absolute atomic E-state index is 0.173. The van der Waals surface area contributed by atoms with Gasteiger partial charge in [0.25, 0.3) is 10.0 Å². The molecule has 118 valence electrons. The number of nitrogens with one attached hydrogen (secondary N) is 1. The predicted molar refractivity (Wildman–Crippen MR) is 89.8 cm³/mol. The Hall–Kier alpha value is -1.96. The lowest BCUT2D eigenvalue weighted by atomic mass is 10.2. The van der Waals surface area contributed by atoms with Gasteiger partial charge in [-0.2, -0.15) is 0 Å². The van der Waals surface area contributed by atoms with E-state index in [1.807, 2.05) is 11.4 Å². The summed E-state index contributed by atoms with van der Waals surface area (Å²) in [5.41, 5.74) is 1.17. The van der Waals surface area contributed by atoms with Crippen LogP contribution in [0, 0.1) is 5.82 Å². The summed E-state index contributed by atoms with van der Waals surface area (Å²) in [4.78, 5) is 4.00. The molecule has 3 rings (SSSR count). The van der Waals surface area contributed by atoms with E-state index >= 15 is 0 Å². The summed E-state index contributed by atoms with van der Waals surface area (Å²) >= 11 is 7.28. The van der Waals surface area contributed by atoms with Gasteiger partial charge in [-0.3, -0.25) is 4.72 Å². The number of anilines is 1. The Balaban J connectivity index is 1.93. The largest absolute Gasteiger partial charge is 0.280 e. The molecule has 0 bridgehead atoms. The second-order valence-electron chi connectivity index (χ2n) is 4.60. The van der Waals surface area contributed by atoms with Crippen LogP contribution in [0.4, 0.5) is 10.1 Å². The first-order valence-electron chi connectivity index (χ1n) is 6.43. The average Bonchev–Trinajstić information content (AvgIpc) is 3.00. The zero-order valence-corrected chi connectivity index (χ0v) is 13.9. The molecular formula is C15H10ClFN2O2S2. The van der Waals surface area contributed by atoms with Crippen LogP contribution in [0.25, 0.3) is 10.6 Å². The maximum absolute atomic E-state index is 13.1. The number of benzene rings is 2. The minimum Gasteiger partial charge on any atom is -0.280 e. The maximum Gasteiger partial charge on any atom is 0.263 e. The van der Waals surface area contributed by atoms with Crippen LogP contribution in [0.3, 0.4) is 0 Å². The number of hydrogen-bond acceptors (Lipinski definition) is 4. The number of hydrogen-bond donors (Lipinski definition) is 1. The van der Waals surface area contributed by atoms with Gasteiger partial charge in [-0.05, 0) is 30.3 Å². The number of aromatic nitrogens is 1. The molecule has 0 fully saturated rings. The standard InChI is InChI=1S/C15H10ClFN2O2S2/c16-13-9-11(17)4-5-14(13)23(20,21)19-12-3-1-2-10(8-12)15-18-6-7-22-15/h1-9,19H. The lowest BCUT2D eigenvalue weighted by molar-refractivity contribution is 0.600. The van der Waals surface area contributed by atoms with Gasteiger partial charge in [-0.15, -0.1) is 11.3 Å². The molecule has 0 saturated carbocycles. The maximum atomic E-state index is 13.1. The lowest BCUT2D eigenvalue weighted by Gasteiger charge is -2.10. The van der Waals surface area contributed by atoms with E-state index in [0.29, 0.717) is 5.69 Å². The van der Waals surface area contributed by atoms with Crippen LogP contribution in [0.1, 0.15) is 0 Å². The number of halogens is 2. The first-order chi connectivity index (χ1) is 11.0. The van der Waals surface area contributed by atoms with E-state index in [1.54, 1.807) is 24.4 Å². The minimum atomic E-state index is -3.91. The molecule has 0 unspecified atom stereocenters. The molecule has 3 aromatic rings. The van der Waals surface area contributed by atoms with Crippen molar-refractivity contribution in [1.29, 1.82) is 0 Å². The zero-order chi connectivity index (χ0) is 16.4. The molecule has 0 aliphatic rings. The van der Waals surface area contributed by atoms with E-state index in [-0.39, 0.29) is 9.92 Å². The molecule has 0 atom stereocenters. The number of rotatable bonds is 4. The van der Waals surface area contributed by atoms with Crippen molar-refractivity contribution in [2.75, 3.05) is 4.72 Å². The van der Waals surface area contributed by atoms with Gasteiger partial charge in [0, 0.05) is 22.8 Å². The van der Waals surface area contributed by atoms with E-state index in [0.717, 1.165) is 28.8 Å². The average molecular weight is 369 g/mol. The molecular weight excluding hydrogens is 359 g/mol. The summed E-state index contributed by atoms with van der Waals surface area (Å²) in [5.74, 6) is -0.597. The Morgan fingerprint density at radius 3 is 2.70 bits per heavy atom. The smallest absolute Gasteiger partial charge is 0.263 e. The summed E-state index contributed by atoms with van der Waals surface area (Å²) in [6.45, 7) is 0. The third-order valence-electron chi connectivity index (χ3n) is 2.98. The van der Waals surface area contributed by atoms with Crippen LogP contribution in [0.5, 0.6) is 0 Å². The van der Waals surface area contributed by atoms with E-state index < -0.39 is 15.8 Å². The predicted octanol–water partition coefficient (Wildman–Crippen LogP) is 4.40. The van der Waals surface area contributed by atoms with Gasteiger partial charge in [-0.25, -0.2) is 17.8 Å². The molecule has 1 N–H and O–H groups in total. The van der Waals surface area contributed by atoms with E-state index in [4.69, 9.17) is 11.6 Å². The van der Waals surface area contributed by atoms with Gasteiger partial charge < -0.3 is 0 Å². The van der Waals surface area contributed by atoms with Crippen LogP contribution in [0.15, 0.2) is 58.9 Å². The van der Waals surface area contributed by atoms with E-state index in [9.17, 15) is 12.8 Å². The Bertz CT molecular complexity index is 944. The van der Waals surface area contributed by atoms with Crippen LogP contribution in [-0.2, 0) is 10.0 Å². The molecule has 0 spiro atoms. The Labute approximate surface area is 141 Å². The molecule has 4 nitrogen and oxygen atoms in total. The molecule has 0 aliphatic heterocycles. The summed E-state index contributed by atoms with van der Waals surface area (Å²) in [5, 5.41) is 2.45. The van der Waals surface area contributed by atoms with Crippen LogP contribution in [0.2, 0.25) is 5.02 Å². The van der Waals surface area contributed by atoms with Gasteiger partial charge in [0.2, 0.25) is 0 Å². The van der Waals surface area contributed by atoms with Crippen LogP contribution >= 0.6 is 22.9 Å². The highest BCUT2D eigenvalue weighted by molar-refractivity contribution is 7.92. The molecule has 0 aliphatic carbocycles. The fourth-order valence-corrected chi connectivity index (χ4v) is 4.20. The summed E-state index contributed by atoms with van der Waals surface area (Å²) in [6.07, 6.45) is 1.68. The summed E-state index contributed by atoms with van der Waals surface area (Å²) < 4.78 is 40.3. The molecule has 0 radical (unpaired) electrons. The monoisotopic (exact) mass is 368 g/mol. The zero-order valence-electron chi connectivity index (χ0n) is 11.5. The molecule has 23 heavy (non-hydrogen) atoms. The SMILES string of the molecule is O=S(=O)(Nc1cccc(-c2nccs2)c1)c1ccc(F)cc1Cl. The third kappa shape index (κ3) is 3.52. The van der Waals surface area contributed by atoms with Gasteiger partial charge in [0.1, 0.15) is 15.7 Å².